The van der Waals surface area contributed by atoms with Gasteiger partial charge in [0.05, 0.1) is 18.1 Å². The number of aldehydes is 1. The molecule has 2 unspecified atom stereocenters. The highest BCUT2D eigenvalue weighted by Gasteiger charge is 2.39. The minimum absolute atomic E-state index is 0.126. The van der Waals surface area contributed by atoms with E-state index >= 15 is 0 Å². The molecular formula is C20H21BrO2. The van der Waals surface area contributed by atoms with Crippen LogP contribution in [0.5, 0.6) is 0 Å². The number of hydrogen-bond donors (Lipinski definition) is 0. The fraction of sp³-hybridized carbons (Fsp3) is 0.350. The Morgan fingerprint density at radius 3 is 2.61 bits per heavy atom. The van der Waals surface area contributed by atoms with Crippen molar-refractivity contribution in [2.24, 2.45) is 0 Å². The van der Waals surface area contributed by atoms with Gasteiger partial charge in [-0.2, -0.15) is 0 Å². The molecule has 0 spiro atoms. The summed E-state index contributed by atoms with van der Waals surface area (Å²) in [5, 5.41) is 0. The molecule has 3 rings (SSSR count). The van der Waals surface area contributed by atoms with Gasteiger partial charge in [-0.1, -0.05) is 64.5 Å². The molecule has 3 heteroatoms. The van der Waals surface area contributed by atoms with Crippen LogP contribution in [0.4, 0.5) is 0 Å². The molecule has 1 fully saturated rings. The topological polar surface area (TPSA) is 26.3 Å². The Kier molecular flexibility index (Phi) is 5.29. The maximum Gasteiger partial charge on any atom is 0.130 e. The van der Waals surface area contributed by atoms with Crippen LogP contribution in [0.1, 0.15) is 36.8 Å². The van der Waals surface area contributed by atoms with Gasteiger partial charge in [-0.15, -0.1) is 0 Å². The summed E-state index contributed by atoms with van der Waals surface area (Å²) < 4.78 is 7.12. The zero-order chi connectivity index (χ0) is 16.1. The Hall–Kier alpha value is -1.45. The third kappa shape index (κ3) is 3.73. The number of carbonyl (C=O) groups excluding carboxylic acids is 1. The molecule has 0 amide bonds. The summed E-state index contributed by atoms with van der Waals surface area (Å²) in [6.07, 6.45) is 4.94. The van der Waals surface area contributed by atoms with Crippen LogP contribution in [-0.4, -0.2) is 12.4 Å². The molecule has 0 aromatic heterocycles. The fourth-order valence-corrected chi connectivity index (χ4v) is 4.15. The van der Waals surface area contributed by atoms with Gasteiger partial charge in [-0.3, -0.25) is 0 Å². The molecule has 0 bridgehead atoms. The maximum absolute atomic E-state index is 12.0. The first-order chi connectivity index (χ1) is 11.2. The van der Waals surface area contributed by atoms with E-state index in [1.807, 2.05) is 36.4 Å². The molecule has 1 saturated carbocycles. The van der Waals surface area contributed by atoms with Crippen molar-refractivity contribution in [3.63, 3.8) is 0 Å². The molecule has 0 heterocycles. The molecule has 0 aliphatic heterocycles. The van der Waals surface area contributed by atoms with Gasteiger partial charge < -0.3 is 9.53 Å². The summed E-state index contributed by atoms with van der Waals surface area (Å²) in [6, 6.07) is 18.2. The van der Waals surface area contributed by atoms with Crippen molar-refractivity contribution in [2.45, 2.75) is 43.8 Å². The average molecular weight is 373 g/mol. The minimum Gasteiger partial charge on any atom is -0.373 e. The van der Waals surface area contributed by atoms with Crippen molar-refractivity contribution in [2.75, 3.05) is 0 Å². The lowest BCUT2D eigenvalue weighted by Gasteiger charge is -2.37. The normalized spacial score (nSPS) is 24.3. The third-order valence-corrected chi connectivity index (χ3v) is 5.40. The van der Waals surface area contributed by atoms with Crippen LogP contribution < -0.4 is 0 Å². The zero-order valence-corrected chi connectivity index (χ0v) is 14.7. The smallest absolute Gasteiger partial charge is 0.130 e. The molecule has 0 saturated heterocycles. The first kappa shape index (κ1) is 16.4. The van der Waals surface area contributed by atoms with Gasteiger partial charge in [0.25, 0.3) is 0 Å². The predicted octanol–water partition coefficient (Wildman–Crippen LogP) is 5.05. The van der Waals surface area contributed by atoms with Crippen LogP contribution in [0.3, 0.4) is 0 Å². The van der Waals surface area contributed by atoms with Crippen molar-refractivity contribution in [3.05, 3.63) is 70.2 Å². The Bertz CT molecular complexity index is 656. The molecule has 1 aliphatic carbocycles. The lowest BCUT2D eigenvalue weighted by atomic mass is 9.69. The molecular weight excluding hydrogens is 352 g/mol. The first-order valence-corrected chi connectivity index (χ1v) is 8.90. The van der Waals surface area contributed by atoms with Gasteiger partial charge in [0.2, 0.25) is 0 Å². The summed E-state index contributed by atoms with van der Waals surface area (Å²) in [4.78, 5) is 12.0. The van der Waals surface area contributed by atoms with Crippen molar-refractivity contribution in [1.29, 1.82) is 0 Å². The van der Waals surface area contributed by atoms with Crippen LogP contribution in [0, 0.1) is 0 Å². The summed E-state index contributed by atoms with van der Waals surface area (Å²) in [7, 11) is 0. The number of rotatable bonds is 5. The van der Waals surface area contributed by atoms with E-state index in [0.29, 0.717) is 6.61 Å². The number of halogens is 1. The van der Waals surface area contributed by atoms with E-state index in [4.69, 9.17) is 4.74 Å². The lowest BCUT2D eigenvalue weighted by Crippen LogP contribution is -2.38. The van der Waals surface area contributed by atoms with Gasteiger partial charge >= 0.3 is 0 Å². The molecule has 1 aliphatic rings. The van der Waals surface area contributed by atoms with Gasteiger partial charge in [-0.25, -0.2) is 0 Å². The molecule has 0 N–H and O–H groups in total. The average Bonchev–Trinajstić information content (AvgIpc) is 2.61. The van der Waals surface area contributed by atoms with Crippen LogP contribution in [0.15, 0.2) is 59.1 Å². The van der Waals surface area contributed by atoms with E-state index in [1.165, 1.54) is 5.56 Å². The van der Waals surface area contributed by atoms with E-state index in [1.54, 1.807) is 0 Å². The van der Waals surface area contributed by atoms with Gasteiger partial charge in [-0.05, 0) is 42.9 Å². The van der Waals surface area contributed by atoms with Crippen LogP contribution in [0.25, 0.3) is 0 Å². The Morgan fingerprint density at radius 1 is 1.13 bits per heavy atom. The fourth-order valence-electron chi connectivity index (χ4n) is 3.47. The van der Waals surface area contributed by atoms with Crippen molar-refractivity contribution in [1.82, 2.24) is 0 Å². The van der Waals surface area contributed by atoms with Crippen LogP contribution in [-0.2, 0) is 21.6 Å². The molecule has 2 aromatic carbocycles. The van der Waals surface area contributed by atoms with Crippen molar-refractivity contribution >= 4 is 22.2 Å². The number of carbonyl (C=O) groups is 1. The van der Waals surface area contributed by atoms with Gasteiger partial charge in [0, 0.05) is 4.47 Å². The lowest BCUT2D eigenvalue weighted by molar-refractivity contribution is -0.116. The third-order valence-electron chi connectivity index (χ3n) is 4.71. The highest BCUT2D eigenvalue weighted by molar-refractivity contribution is 9.10. The first-order valence-electron chi connectivity index (χ1n) is 8.10. The Balaban J connectivity index is 1.73. The SMILES string of the molecule is O=CC1(c2ccccc2Br)CCCC(OCc2ccccc2)C1. The second-order valence-corrected chi connectivity index (χ2v) is 7.12. The second kappa shape index (κ2) is 7.41. The molecule has 23 heavy (non-hydrogen) atoms. The Morgan fingerprint density at radius 2 is 1.87 bits per heavy atom. The quantitative estimate of drug-likeness (QED) is 0.686. The number of ether oxygens (including phenoxy) is 1. The van der Waals surface area contributed by atoms with E-state index in [-0.39, 0.29) is 6.10 Å². The van der Waals surface area contributed by atoms with E-state index in [2.05, 4.69) is 34.1 Å². The summed E-state index contributed by atoms with van der Waals surface area (Å²) >= 11 is 3.60. The number of hydrogen-bond acceptors (Lipinski definition) is 2. The standard InChI is InChI=1S/C20H21BrO2/c21-19-11-5-4-10-18(19)20(15-22)12-6-9-17(13-20)23-14-16-7-2-1-3-8-16/h1-5,7-8,10-11,15,17H,6,9,12-14H2. The van der Waals surface area contributed by atoms with E-state index in [9.17, 15) is 4.79 Å². The maximum atomic E-state index is 12.0. The van der Waals surface area contributed by atoms with Gasteiger partial charge in [0.15, 0.2) is 0 Å². The monoisotopic (exact) mass is 372 g/mol. The minimum atomic E-state index is -0.431. The molecule has 2 atom stereocenters. The van der Waals surface area contributed by atoms with Crippen LogP contribution >= 0.6 is 15.9 Å². The summed E-state index contributed by atoms with van der Waals surface area (Å²) in [6.45, 7) is 0.608. The van der Waals surface area contributed by atoms with E-state index in [0.717, 1.165) is 42.0 Å². The van der Waals surface area contributed by atoms with Crippen LogP contribution in [0.2, 0.25) is 0 Å². The van der Waals surface area contributed by atoms with E-state index < -0.39 is 5.41 Å². The highest BCUT2D eigenvalue weighted by Crippen LogP contribution is 2.41. The van der Waals surface area contributed by atoms with Crippen molar-refractivity contribution < 1.29 is 9.53 Å². The summed E-state index contributed by atoms with van der Waals surface area (Å²) in [5.74, 6) is 0. The summed E-state index contributed by atoms with van der Waals surface area (Å²) in [5.41, 5.74) is 1.83. The molecule has 2 nitrogen and oxygen atoms in total. The molecule has 120 valence electrons. The predicted molar refractivity (Wildman–Crippen MR) is 95.4 cm³/mol. The molecule has 2 aromatic rings. The zero-order valence-electron chi connectivity index (χ0n) is 13.1. The largest absolute Gasteiger partial charge is 0.373 e. The van der Waals surface area contributed by atoms with Crippen molar-refractivity contribution in [3.8, 4) is 0 Å². The highest BCUT2D eigenvalue weighted by atomic mass is 79.9. The number of benzene rings is 2. The Labute approximate surface area is 146 Å². The second-order valence-electron chi connectivity index (χ2n) is 6.27. The molecule has 0 radical (unpaired) electrons. The van der Waals surface area contributed by atoms with Gasteiger partial charge in [0.1, 0.15) is 6.29 Å².